The highest BCUT2D eigenvalue weighted by molar-refractivity contribution is 6.31. The zero-order chi connectivity index (χ0) is 19.2. The van der Waals surface area contributed by atoms with Crippen LogP contribution in [-0.2, 0) is 16.0 Å². The highest BCUT2D eigenvalue weighted by atomic mass is 35.5. The van der Waals surface area contributed by atoms with Gasteiger partial charge in [0.15, 0.2) is 0 Å². The van der Waals surface area contributed by atoms with Crippen LogP contribution in [-0.4, -0.2) is 48.8 Å². The van der Waals surface area contributed by atoms with Crippen LogP contribution in [0.5, 0.6) is 0 Å². The number of amides is 1. The molecular formula is C20H26ClN3O3. The summed E-state index contributed by atoms with van der Waals surface area (Å²) in [6.07, 6.45) is 1.03. The number of aromatic nitrogens is 1. The normalized spacial score (nSPS) is 16.3. The number of carbonyl (C=O) groups excluding carboxylic acids is 1. The van der Waals surface area contributed by atoms with Crippen LogP contribution in [0.1, 0.15) is 35.0 Å². The lowest BCUT2D eigenvalue weighted by Crippen LogP contribution is -2.44. The molecule has 0 aliphatic carbocycles. The first-order chi connectivity index (χ1) is 13.1. The number of nitrogens with zero attached hydrogens (tertiary/aromatic N) is 2. The minimum absolute atomic E-state index is 0.0142. The zero-order valence-corrected chi connectivity index (χ0v) is 16.6. The molecule has 0 radical (unpaired) electrons. The molecule has 6 nitrogen and oxygen atoms in total. The molecule has 146 valence electrons. The summed E-state index contributed by atoms with van der Waals surface area (Å²) in [5.41, 5.74) is 2.90. The SMILES string of the molecule is Cc1noc(C)c1CCC(=O)NCC(c1ccccc1Cl)N1CCOCC1. The highest BCUT2D eigenvalue weighted by Crippen LogP contribution is 2.27. The minimum Gasteiger partial charge on any atom is -0.379 e. The fourth-order valence-corrected chi connectivity index (χ4v) is 3.73. The molecule has 1 saturated heterocycles. The Morgan fingerprint density at radius 1 is 1.30 bits per heavy atom. The number of nitrogens with one attached hydrogen (secondary N) is 1. The molecule has 1 N–H and O–H groups in total. The van der Waals surface area contributed by atoms with Crippen LogP contribution in [0, 0.1) is 13.8 Å². The van der Waals surface area contributed by atoms with E-state index in [9.17, 15) is 4.79 Å². The van der Waals surface area contributed by atoms with E-state index in [1.165, 1.54) is 0 Å². The molecular weight excluding hydrogens is 366 g/mol. The molecule has 2 aromatic rings. The van der Waals surface area contributed by atoms with E-state index in [1.54, 1.807) is 0 Å². The molecule has 0 saturated carbocycles. The molecule has 1 aliphatic heterocycles. The topological polar surface area (TPSA) is 67.6 Å². The molecule has 1 unspecified atom stereocenters. The molecule has 0 bridgehead atoms. The second kappa shape index (κ2) is 9.35. The Morgan fingerprint density at radius 3 is 2.70 bits per heavy atom. The second-order valence-corrected chi connectivity index (χ2v) is 7.20. The fourth-order valence-electron chi connectivity index (χ4n) is 3.47. The quantitative estimate of drug-likeness (QED) is 0.785. The Labute approximate surface area is 164 Å². The first-order valence-corrected chi connectivity index (χ1v) is 9.68. The summed E-state index contributed by atoms with van der Waals surface area (Å²) in [6, 6.07) is 7.85. The van der Waals surface area contributed by atoms with Gasteiger partial charge in [0.05, 0.1) is 24.9 Å². The molecule has 0 spiro atoms. The second-order valence-electron chi connectivity index (χ2n) is 6.79. The summed E-state index contributed by atoms with van der Waals surface area (Å²) in [5.74, 6) is 0.794. The van der Waals surface area contributed by atoms with E-state index in [1.807, 2.05) is 38.1 Å². The molecule has 27 heavy (non-hydrogen) atoms. The lowest BCUT2D eigenvalue weighted by molar-refractivity contribution is -0.121. The maximum absolute atomic E-state index is 12.4. The van der Waals surface area contributed by atoms with Crippen molar-refractivity contribution in [3.05, 3.63) is 51.9 Å². The molecule has 1 aromatic carbocycles. The van der Waals surface area contributed by atoms with Gasteiger partial charge in [-0.05, 0) is 31.9 Å². The number of benzene rings is 1. The summed E-state index contributed by atoms with van der Waals surface area (Å²) >= 11 is 6.43. The number of aryl methyl sites for hydroxylation is 2. The summed E-state index contributed by atoms with van der Waals surface area (Å²) in [7, 11) is 0. The van der Waals surface area contributed by atoms with Gasteiger partial charge in [-0.2, -0.15) is 0 Å². The van der Waals surface area contributed by atoms with Gasteiger partial charge >= 0.3 is 0 Å². The average Bonchev–Trinajstić information content (AvgIpc) is 3.00. The third-order valence-corrected chi connectivity index (χ3v) is 5.37. The van der Waals surface area contributed by atoms with E-state index in [0.29, 0.717) is 32.6 Å². The summed E-state index contributed by atoms with van der Waals surface area (Å²) in [5, 5.41) is 7.74. The van der Waals surface area contributed by atoms with Crippen molar-refractivity contribution in [2.24, 2.45) is 0 Å². The van der Waals surface area contributed by atoms with Crippen molar-refractivity contribution < 1.29 is 14.1 Å². The summed E-state index contributed by atoms with van der Waals surface area (Å²) < 4.78 is 10.6. The van der Waals surface area contributed by atoms with Gasteiger partial charge in [0.2, 0.25) is 5.91 Å². The maximum atomic E-state index is 12.4. The first-order valence-electron chi connectivity index (χ1n) is 9.31. The van der Waals surface area contributed by atoms with E-state index >= 15 is 0 Å². The Kier molecular flexibility index (Phi) is 6.88. The predicted octanol–water partition coefficient (Wildman–Crippen LogP) is 3.07. The van der Waals surface area contributed by atoms with Gasteiger partial charge in [-0.1, -0.05) is 35.0 Å². The largest absolute Gasteiger partial charge is 0.379 e. The number of carbonyl (C=O) groups is 1. The van der Waals surface area contributed by atoms with Crippen molar-refractivity contribution in [2.45, 2.75) is 32.7 Å². The number of hydrogen-bond acceptors (Lipinski definition) is 5. The van der Waals surface area contributed by atoms with E-state index in [4.69, 9.17) is 20.9 Å². The third-order valence-electron chi connectivity index (χ3n) is 5.03. The average molecular weight is 392 g/mol. The zero-order valence-electron chi connectivity index (χ0n) is 15.8. The van der Waals surface area contributed by atoms with Crippen LogP contribution in [0.3, 0.4) is 0 Å². The maximum Gasteiger partial charge on any atom is 0.220 e. The predicted molar refractivity (Wildman–Crippen MR) is 104 cm³/mol. The van der Waals surface area contributed by atoms with Crippen molar-refractivity contribution in [3.8, 4) is 0 Å². The highest BCUT2D eigenvalue weighted by Gasteiger charge is 2.25. The van der Waals surface area contributed by atoms with Crippen LogP contribution in [0.2, 0.25) is 5.02 Å². The lowest BCUT2D eigenvalue weighted by atomic mass is 10.0. The Hall–Kier alpha value is -1.89. The molecule has 1 aromatic heterocycles. The van der Waals surface area contributed by atoms with Crippen LogP contribution in [0.15, 0.2) is 28.8 Å². The van der Waals surface area contributed by atoms with Crippen molar-refractivity contribution in [1.29, 1.82) is 0 Å². The smallest absolute Gasteiger partial charge is 0.220 e. The monoisotopic (exact) mass is 391 g/mol. The van der Waals surface area contributed by atoms with Crippen molar-refractivity contribution in [3.63, 3.8) is 0 Å². The summed E-state index contributed by atoms with van der Waals surface area (Å²) in [6.45, 7) is 7.33. The van der Waals surface area contributed by atoms with Gasteiger partial charge in [-0.25, -0.2) is 0 Å². The molecule has 1 fully saturated rings. The van der Waals surface area contributed by atoms with Crippen LogP contribution < -0.4 is 5.32 Å². The van der Waals surface area contributed by atoms with Gasteiger partial charge in [0.25, 0.3) is 0 Å². The number of rotatable bonds is 7. The van der Waals surface area contributed by atoms with Gasteiger partial charge in [-0.15, -0.1) is 0 Å². The van der Waals surface area contributed by atoms with E-state index in [-0.39, 0.29) is 11.9 Å². The number of ether oxygens (including phenoxy) is 1. The van der Waals surface area contributed by atoms with Gasteiger partial charge in [0.1, 0.15) is 5.76 Å². The van der Waals surface area contributed by atoms with Crippen molar-refractivity contribution in [1.82, 2.24) is 15.4 Å². The number of morpholine rings is 1. The molecule has 1 amide bonds. The summed E-state index contributed by atoms with van der Waals surface area (Å²) in [4.78, 5) is 14.7. The third kappa shape index (κ3) is 5.09. The molecule has 3 rings (SSSR count). The van der Waals surface area contributed by atoms with E-state index in [0.717, 1.165) is 40.7 Å². The lowest BCUT2D eigenvalue weighted by Gasteiger charge is -2.35. The van der Waals surface area contributed by atoms with Gasteiger partial charge in [0, 0.05) is 36.6 Å². The van der Waals surface area contributed by atoms with E-state index < -0.39 is 0 Å². The standard InChI is InChI=1S/C20H26ClN3O3/c1-14-16(15(2)27-23-14)7-8-20(25)22-13-19(24-9-11-26-12-10-24)17-5-3-4-6-18(17)21/h3-6,19H,7-13H2,1-2H3,(H,22,25). The number of halogens is 1. The Morgan fingerprint density at radius 2 is 2.04 bits per heavy atom. The van der Waals surface area contributed by atoms with Crippen LogP contribution in [0.4, 0.5) is 0 Å². The molecule has 1 aliphatic rings. The molecule has 2 heterocycles. The van der Waals surface area contributed by atoms with Crippen molar-refractivity contribution in [2.75, 3.05) is 32.8 Å². The fraction of sp³-hybridized carbons (Fsp3) is 0.500. The van der Waals surface area contributed by atoms with Crippen LogP contribution >= 0.6 is 11.6 Å². The minimum atomic E-state index is 0.0142. The van der Waals surface area contributed by atoms with E-state index in [2.05, 4.69) is 15.4 Å². The Balaban J connectivity index is 1.62. The molecule has 7 heteroatoms. The molecule has 1 atom stereocenters. The Bertz CT molecular complexity index is 752. The van der Waals surface area contributed by atoms with Gasteiger partial charge in [-0.3, -0.25) is 9.69 Å². The van der Waals surface area contributed by atoms with Crippen LogP contribution in [0.25, 0.3) is 0 Å². The first kappa shape index (κ1) is 19.9. The number of hydrogen-bond donors (Lipinski definition) is 1. The van der Waals surface area contributed by atoms with Crippen molar-refractivity contribution >= 4 is 17.5 Å². The van der Waals surface area contributed by atoms with Gasteiger partial charge < -0.3 is 14.6 Å².